The Labute approximate surface area is 137 Å². The summed E-state index contributed by atoms with van der Waals surface area (Å²) in [4.78, 5) is 40.7. The number of nitrogens with zero attached hydrogens (tertiary/aromatic N) is 3. The van der Waals surface area contributed by atoms with Gasteiger partial charge in [0.05, 0.1) is 5.39 Å². The van der Waals surface area contributed by atoms with E-state index in [-0.39, 0.29) is 5.65 Å². The third-order valence-corrected chi connectivity index (χ3v) is 4.91. The lowest BCUT2D eigenvalue weighted by Gasteiger charge is -2.15. The molecule has 0 saturated carbocycles. The SMILES string of the molecule is CCCc1cnc2c(c1S[C@@H](C)C(=O)O)c(=O)n(C)c(=O)n2C. The number of rotatable bonds is 5. The average molecular weight is 337 g/mol. The number of carbonyl (C=O) groups is 1. The van der Waals surface area contributed by atoms with Gasteiger partial charge < -0.3 is 5.11 Å². The summed E-state index contributed by atoms with van der Waals surface area (Å²) in [5.74, 6) is -0.955. The van der Waals surface area contributed by atoms with Gasteiger partial charge in [0, 0.05) is 25.2 Å². The quantitative estimate of drug-likeness (QED) is 0.823. The number of hydrogen-bond donors (Lipinski definition) is 1. The number of fused-ring (bicyclic) bond motifs is 1. The van der Waals surface area contributed by atoms with E-state index < -0.39 is 22.5 Å². The van der Waals surface area contributed by atoms with E-state index in [4.69, 9.17) is 0 Å². The van der Waals surface area contributed by atoms with E-state index in [1.54, 1.807) is 20.2 Å². The molecule has 0 bridgehead atoms. The molecule has 0 aliphatic heterocycles. The zero-order valence-corrected chi connectivity index (χ0v) is 14.3. The Hall–Kier alpha value is -2.09. The first-order valence-corrected chi connectivity index (χ1v) is 8.14. The van der Waals surface area contributed by atoms with Crippen molar-refractivity contribution in [2.45, 2.75) is 36.8 Å². The van der Waals surface area contributed by atoms with Crippen LogP contribution in [0.3, 0.4) is 0 Å². The summed E-state index contributed by atoms with van der Waals surface area (Å²) in [6.45, 7) is 3.57. The first-order chi connectivity index (χ1) is 10.8. The molecule has 0 saturated heterocycles. The number of carboxylic acids is 1. The smallest absolute Gasteiger partial charge is 0.332 e. The molecule has 0 amide bonds. The van der Waals surface area contributed by atoms with Crippen LogP contribution < -0.4 is 11.2 Å². The molecule has 0 spiro atoms. The summed E-state index contributed by atoms with van der Waals surface area (Å²) in [5, 5.41) is 8.78. The number of hydrogen-bond acceptors (Lipinski definition) is 5. The Morgan fingerprint density at radius 1 is 1.35 bits per heavy atom. The zero-order valence-electron chi connectivity index (χ0n) is 13.5. The normalized spacial score (nSPS) is 12.5. The molecule has 0 radical (unpaired) electrons. The highest BCUT2D eigenvalue weighted by molar-refractivity contribution is 8.00. The minimum atomic E-state index is -0.955. The van der Waals surface area contributed by atoms with Crippen LogP contribution in [0.25, 0.3) is 11.0 Å². The van der Waals surface area contributed by atoms with Crippen LogP contribution in [0.5, 0.6) is 0 Å². The molecule has 1 N–H and O–H groups in total. The second-order valence-electron chi connectivity index (χ2n) is 5.37. The van der Waals surface area contributed by atoms with Crippen molar-refractivity contribution in [3.63, 3.8) is 0 Å². The van der Waals surface area contributed by atoms with Gasteiger partial charge in [-0.1, -0.05) is 13.3 Å². The standard InChI is InChI=1S/C15H19N3O4S/c1-5-6-9-7-16-12-10(11(9)23-8(2)14(20)21)13(19)18(4)15(22)17(12)3/h7-8H,5-6H2,1-4H3,(H,20,21)/t8-/m0/s1. The number of aromatic nitrogens is 3. The van der Waals surface area contributed by atoms with Crippen molar-refractivity contribution in [2.24, 2.45) is 14.1 Å². The highest BCUT2D eigenvalue weighted by Gasteiger charge is 2.21. The van der Waals surface area contributed by atoms with Crippen LogP contribution in [-0.2, 0) is 25.3 Å². The van der Waals surface area contributed by atoms with E-state index in [2.05, 4.69) is 4.98 Å². The molecule has 0 aliphatic carbocycles. The maximum absolute atomic E-state index is 12.6. The number of aryl methyl sites for hydroxylation is 2. The summed E-state index contributed by atoms with van der Waals surface area (Å²) >= 11 is 1.12. The Morgan fingerprint density at radius 2 is 2.00 bits per heavy atom. The van der Waals surface area contributed by atoms with Crippen molar-refractivity contribution >= 4 is 28.8 Å². The zero-order chi connectivity index (χ0) is 17.3. The van der Waals surface area contributed by atoms with Crippen LogP contribution in [-0.4, -0.2) is 30.4 Å². The monoisotopic (exact) mass is 337 g/mol. The third kappa shape index (κ3) is 3.03. The lowest BCUT2D eigenvalue weighted by Crippen LogP contribution is -2.37. The first kappa shape index (κ1) is 17.3. The van der Waals surface area contributed by atoms with Crippen LogP contribution in [0.2, 0.25) is 0 Å². The van der Waals surface area contributed by atoms with Gasteiger partial charge in [-0.2, -0.15) is 0 Å². The largest absolute Gasteiger partial charge is 0.480 e. The topological polar surface area (TPSA) is 94.2 Å². The van der Waals surface area contributed by atoms with Gasteiger partial charge in [0.15, 0.2) is 0 Å². The fourth-order valence-corrected chi connectivity index (χ4v) is 3.41. The van der Waals surface area contributed by atoms with Crippen LogP contribution in [0.1, 0.15) is 25.8 Å². The molecule has 2 heterocycles. The Kier molecular flexibility index (Phi) is 4.93. The molecule has 2 aromatic rings. The molecule has 0 aliphatic rings. The van der Waals surface area contributed by atoms with Crippen molar-refractivity contribution in [1.82, 2.24) is 14.1 Å². The average Bonchev–Trinajstić information content (AvgIpc) is 2.52. The first-order valence-electron chi connectivity index (χ1n) is 7.26. The highest BCUT2D eigenvalue weighted by atomic mass is 32.2. The number of aliphatic carboxylic acids is 1. The summed E-state index contributed by atoms with van der Waals surface area (Å²) in [7, 11) is 2.96. The van der Waals surface area contributed by atoms with Gasteiger partial charge in [-0.05, 0) is 18.9 Å². The van der Waals surface area contributed by atoms with Crippen molar-refractivity contribution in [2.75, 3.05) is 0 Å². The van der Waals surface area contributed by atoms with E-state index >= 15 is 0 Å². The summed E-state index contributed by atoms with van der Waals surface area (Å²) in [6, 6.07) is 0. The van der Waals surface area contributed by atoms with Gasteiger partial charge in [-0.25, -0.2) is 9.78 Å². The molecule has 1 atom stereocenters. The Bertz CT molecular complexity index is 885. The molecule has 0 unspecified atom stereocenters. The third-order valence-electron chi connectivity index (χ3n) is 3.66. The maximum atomic E-state index is 12.6. The molecular formula is C15H19N3O4S. The minimum Gasteiger partial charge on any atom is -0.480 e. The number of pyridine rings is 1. The second kappa shape index (κ2) is 6.57. The van der Waals surface area contributed by atoms with E-state index in [1.165, 1.54) is 11.6 Å². The molecule has 8 heteroatoms. The van der Waals surface area contributed by atoms with Crippen molar-refractivity contribution in [3.05, 3.63) is 32.6 Å². The molecule has 23 heavy (non-hydrogen) atoms. The summed E-state index contributed by atoms with van der Waals surface area (Å²) in [6.07, 6.45) is 3.15. The predicted octanol–water partition coefficient (Wildman–Crippen LogP) is 1.15. The van der Waals surface area contributed by atoms with Crippen LogP contribution in [0.15, 0.2) is 20.7 Å². The van der Waals surface area contributed by atoms with Gasteiger partial charge in [0.2, 0.25) is 0 Å². The van der Waals surface area contributed by atoms with Gasteiger partial charge in [-0.15, -0.1) is 11.8 Å². The van der Waals surface area contributed by atoms with Gasteiger partial charge in [0.1, 0.15) is 10.9 Å². The Morgan fingerprint density at radius 3 is 2.57 bits per heavy atom. The van der Waals surface area contributed by atoms with Crippen molar-refractivity contribution in [1.29, 1.82) is 0 Å². The molecule has 124 valence electrons. The summed E-state index contributed by atoms with van der Waals surface area (Å²) in [5.41, 5.74) is 0.195. The molecular weight excluding hydrogens is 318 g/mol. The van der Waals surface area contributed by atoms with Crippen LogP contribution >= 0.6 is 11.8 Å². The van der Waals surface area contributed by atoms with Gasteiger partial charge >= 0.3 is 11.7 Å². The van der Waals surface area contributed by atoms with E-state index in [0.717, 1.165) is 28.3 Å². The minimum absolute atomic E-state index is 0.276. The molecule has 2 aromatic heterocycles. The number of thioether (sulfide) groups is 1. The fourth-order valence-electron chi connectivity index (χ4n) is 2.35. The van der Waals surface area contributed by atoms with Crippen LogP contribution in [0.4, 0.5) is 0 Å². The molecule has 7 nitrogen and oxygen atoms in total. The van der Waals surface area contributed by atoms with Gasteiger partial charge in [-0.3, -0.25) is 18.7 Å². The lowest BCUT2D eigenvalue weighted by atomic mass is 10.1. The van der Waals surface area contributed by atoms with Crippen molar-refractivity contribution < 1.29 is 9.90 Å². The van der Waals surface area contributed by atoms with Gasteiger partial charge in [0.25, 0.3) is 5.56 Å². The molecule has 2 rings (SSSR count). The van der Waals surface area contributed by atoms with E-state index in [9.17, 15) is 19.5 Å². The predicted molar refractivity (Wildman–Crippen MR) is 89.2 cm³/mol. The maximum Gasteiger partial charge on any atom is 0.332 e. The fraction of sp³-hybridized carbons (Fsp3) is 0.467. The van der Waals surface area contributed by atoms with Crippen molar-refractivity contribution in [3.8, 4) is 0 Å². The van der Waals surface area contributed by atoms with Crippen LogP contribution in [0, 0.1) is 0 Å². The molecule has 0 aromatic carbocycles. The highest BCUT2D eigenvalue weighted by Crippen LogP contribution is 2.32. The van der Waals surface area contributed by atoms with E-state index in [1.807, 2.05) is 6.92 Å². The lowest BCUT2D eigenvalue weighted by molar-refractivity contribution is -0.136. The molecule has 0 fully saturated rings. The second-order valence-corrected chi connectivity index (χ2v) is 6.72. The summed E-state index contributed by atoms with van der Waals surface area (Å²) < 4.78 is 2.33. The van der Waals surface area contributed by atoms with E-state index in [0.29, 0.717) is 16.7 Å². The number of carboxylic acid groups (broad SMARTS) is 1. The Balaban J connectivity index is 2.88.